The molecule has 1 rings (SSSR count). The van der Waals surface area contributed by atoms with Gasteiger partial charge in [-0.15, -0.1) is 0 Å². The minimum atomic E-state index is -0.879. The van der Waals surface area contributed by atoms with E-state index in [2.05, 4.69) is 21.2 Å². The second-order valence-electron chi connectivity index (χ2n) is 4.52. The monoisotopic (exact) mass is 312 g/mol. The van der Waals surface area contributed by atoms with Crippen LogP contribution in [0.3, 0.4) is 0 Å². The molecule has 0 aliphatic heterocycles. The smallest absolute Gasteiger partial charge is 0.221 e. The Hall–Kier alpha value is -1.41. The fourth-order valence-electron chi connectivity index (χ4n) is 1.42. The van der Waals surface area contributed by atoms with E-state index in [0.717, 1.165) is 10.0 Å². The van der Waals surface area contributed by atoms with Gasteiger partial charge in [-0.25, -0.2) is 4.39 Å². The quantitative estimate of drug-likeness (QED) is 0.929. The molecule has 5 heteroatoms. The first-order chi connectivity index (χ1) is 8.34. The summed E-state index contributed by atoms with van der Waals surface area (Å²) in [5, 5.41) is 11.4. The molecule has 1 aromatic carbocycles. The molecular weight excluding hydrogens is 299 g/mol. The Morgan fingerprint density at radius 3 is 2.83 bits per heavy atom. The van der Waals surface area contributed by atoms with Crippen LogP contribution in [0, 0.1) is 17.1 Å². The molecule has 0 fully saturated rings. The first kappa shape index (κ1) is 14.7. The van der Waals surface area contributed by atoms with E-state index in [4.69, 9.17) is 5.26 Å². The van der Waals surface area contributed by atoms with Gasteiger partial charge in [-0.2, -0.15) is 5.26 Å². The number of carbonyl (C=O) groups is 1. The van der Waals surface area contributed by atoms with E-state index in [0.29, 0.717) is 6.42 Å². The van der Waals surface area contributed by atoms with Crippen molar-refractivity contribution in [3.63, 3.8) is 0 Å². The Balaban J connectivity index is 2.58. The van der Waals surface area contributed by atoms with Gasteiger partial charge in [0.2, 0.25) is 5.91 Å². The number of carbonyl (C=O) groups excluding carboxylic acids is 1. The molecule has 0 aliphatic carbocycles. The van der Waals surface area contributed by atoms with Crippen LogP contribution in [0.1, 0.15) is 25.8 Å². The summed E-state index contributed by atoms with van der Waals surface area (Å²) in [4.78, 5) is 11.6. The van der Waals surface area contributed by atoms with E-state index < -0.39 is 5.54 Å². The van der Waals surface area contributed by atoms with Gasteiger partial charge in [0.1, 0.15) is 11.4 Å². The number of rotatable bonds is 4. The molecule has 1 N–H and O–H groups in total. The van der Waals surface area contributed by atoms with Crippen LogP contribution in [0.4, 0.5) is 4.39 Å². The van der Waals surface area contributed by atoms with E-state index in [-0.39, 0.29) is 18.1 Å². The fraction of sp³-hybridized carbons (Fsp3) is 0.385. The highest BCUT2D eigenvalue weighted by Gasteiger charge is 2.19. The number of amides is 1. The van der Waals surface area contributed by atoms with Crippen LogP contribution in [-0.4, -0.2) is 11.4 Å². The average molecular weight is 313 g/mol. The zero-order valence-corrected chi connectivity index (χ0v) is 11.8. The van der Waals surface area contributed by atoms with Crippen LogP contribution >= 0.6 is 15.9 Å². The zero-order valence-electron chi connectivity index (χ0n) is 10.3. The molecule has 0 aromatic heterocycles. The van der Waals surface area contributed by atoms with Crippen molar-refractivity contribution >= 4 is 21.8 Å². The van der Waals surface area contributed by atoms with Gasteiger partial charge in [-0.1, -0.05) is 15.9 Å². The maximum atomic E-state index is 13.0. The molecule has 0 bridgehead atoms. The lowest BCUT2D eigenvalue weighted by Gasteiger charge is -2.17. The third kappa shape index (κ3) is 4.46. The molecule has 0 atom stereocenters. The van der Waals surface area contributed by atoms with Crippen molar-refractivity contribution < 1.29 is 9.18 Å². The molecule has 0 saturated carbocycles. The second kappa shape index (κ2) is 5.96. The molecule has 0 saturated heterocycles. The van der Waals surface area contributed by atoms with Crippen LogP contribution in [0.25, 0.3) is 0 Å². The van der Waals surface area contributed by atoms with E-state index in [1.807, 2.05) is 6.07 Å². The summed E-state index contributed by atoms with van der Waals surface area (Å²) in [5.41, 5.74) is -0.143. The molecule has 0 spiro atoms. The lowest BCUT2D eigenvalue weighted by molar-refractivity contribution is -0.122. The summed E-state index contributed by atoms with van der Waals surface area (Å²) in [6.45, 7) is 3.26. The largest absolute Gasteiger partial charge is 0.338 e. The van der Waals surface area contributed by atoms with Crippen molar-refractivity contribution in [2.75, 3.05) is 0 Å². The maximum absolute atomic E-state index is 13.0. The van der Waals surface area contributed by atoms with Crippen molar-refractivity contribution in [2.24, 2.45) is 0 Å². The van der Waals surface area contributed by atoms with E-state index >= 15 is 0 Å². The minimum Gasteiger partial charge on any atom is -0.338 e. The van der Waals surface area contributed by atoms with Crippen LogP contribution in [-0.2, 0) is 11.2 Å². The molecule has 0 radical (unpaired) electrons. The highest BCUT2D eigenvalue weighted by Crippen LogP contribution is 2.19. The van der Waals surface area contributed by atoms with Gasteiger partial charge in [0.15, 0.2) is 0 Å². The summed E-state index contributed by atoms with van der Waals surface area (Å²) < 4.78 is 13.8. The Labute approximate surface area is 114 Å². The normalized spacial score (nSPS) is 10.8. The second-order valence-corrected chi connectivity index (χ2v) is 5.38. The number of benzene rings is 1. The predicted octanol–water partition coefficient (Wildman–Crippen LogP) is 2.94. The summed E-state index contributed by atoms with van der Waals surface area (Å²) in [6, 6.07) is 6.35. The lowest BCUT2D eigenvalue weighted by Crippen LogP contribution is -2.42. The van der Waals surface area contributed by atoms with Gasteiger partial charge < -0.3 is 5.32 Å². The highest BCUT2D eigenvalue weighted by atomic mass is 79.9. The van der Waals surface area contributed by atoms with Crippen LogP contribution in [0.5, 0.6) is 0 Å². The Morgan fingerprint density at radius 1 is 1.56 bits per heavy atom. The van der Waals surface area contributed by atoms with Gasteiger partial charge in [-0.3, -0.25) is 4.79 Å². The highest BCUT2D eigenvalue weighted by molar-refractivity contribution is 9.10. The first-order valence-corrected chi connectivity index (χ1v) is 6.29. The van der Waals surface area contributed by atoms with Crippen LogP contribution in [0.15, 0.2) is 22.7 Å². The van der Waals surface area contributed by atoms with Crippen molar-refractivity contribution in [1.29, 1.82) is 5.26 Å². The topological polar surface area (TPSA) is 52.9 Å². The predicted molar refractivity (Wildman–Crippen MR) is 70.3 cm³/mol. The van der Waals surface area contributed by atoms with Gasteiger partial charge >= 0.3 is 0 Å². The first-order valence-electron chi connectivity index (χ1n) is 5.50. The third-order valence-electron chi connectivity index (χ3n) is 2.36. The number of aryl methyl sites for hydroxylation is 1. The molecule has 3 nitrogen and oxygen atoms in total. The molecular formula is C13H14BrFN2O. The number of nitrogens with one attached hydrogen (secondary N) is 1. The average Bonchev–Trinajstić information content (AvgIpc) is 2.30. The van der Waals surface area contributed by atoms with Crippen molar-refractivity contribution in [3.05, 3.63) is 34.1 Å². The summed E-state index contributed by atoms with van der Waals surface area (Å²) in [6.07, 6.45) is 0.638. The van der Waals surface area contributed by atoms with Crippen molar-refractivity contribution in [1.82, 2.24) is 5.32 Å². The molecule has 0 heterocycles. The minimum absolute atomic E-state index is 0.215. The van der Waals surface area contributed by atoms with Gasteiger partial charge in [-0.05, 0) is 44.0 Å². The molecule has 1 aromatic rings. The van der Waals surface area contributed by atoms with Gasteiger partial charge in [0, 0.05) is 10.9 Å². The van der Waals surface area contributed by atoms with E-state index in [1.165, 1.54) is 12.1 Å². The maximum Gasteiger partial charge on any atom is 0.221 e. The lowest BCUT2D eigenvalue weighted by atomic mass is 10.1. The number of halogens is 2. The summed E-state index contributed by atoms with van der Waals surface area (Å²) in [5.74, 6) is -0.552. The summed E-state index contributed by atoms with van der Waals surface area (Å²) in [7, 11) is 0. The Bertz CT molecular complexity index is 494. The SMILES string of the molecule is CC(C)(C#N)NC(=O)CCc1cc(F)ccc1Br. The van der Waals surface area contributed by atoms with E-state index in [9.17, 15) is 9.18 Å². The molecule has 0 unspecified atom stereocenters. The Kier molecular flexibility index (Phi) is 4.85. The van der Waals surface area contributed by atoms with Crippen LogP contribution in [0.2, 0.25) is 0 Å². The standard InChI is InChI=1S/C13H14BrFN2O/c1-13(2,8-16)17-12(18)6-3-9-7-10(15)4-5-11(9)14/h4-5,7H,3,6H2,1-2H3,(H,17,18). The van der Waals surface area contributed by atoms with E-state index in [1.54, 1.807) is 19.9 Å². The zero-order chi connectivity index (χ0) is 13.8. The van der Waals surface area contributed by atoms with Gasteiger partial charge in [0.25, 0.3) is 0 Å². The molecule has 18 heavy (non-hydrogen) atoms. The Morgan fingerprint density at radius 2 is 2.22 bits per heavy atom. The number of nitrogens with zero attached hydrogens (tertiary/aromatic N) is 1. The summed E-state index contributed by atoms with van der Waals surface area (Å²) >= 11 is 3.30. The third-order valence-corrected chi connectivity index (χ3v) is 3.13. The van der Waals surface area contributed by atoms with Gasteiger partial charge in [0.05, 0.1) is 6.07 Å². The molecule has 96 valence electrons. The fourth-order valence-corrected chi connectivity index (χ4v) is 1.87. The van der Waals surface area contributed by atoms with Crippen LogP contribution < -0.4 is 5.32 Å². The number of nitriles is 1. The number of hydrogen-bond acceptors (Lipinski definition) is 2. The van der Waals surface area contributed by atoms with Crippen molar-refractivity contribution in [3.8, 4) is 6.07 Å². The van der Waals surface area contributed by atoms with Crippen molar-refractivity contribution in [2.45, 2.75) is 32.2 Å². The molecule has 0 aliphatic rings. The molecule has 1 amide bonds. The number of hydrogen-bond donors (Lipinski definition) is 1.